The molecule has 0 radical (unpaired) electrons. The van der Waals surface area contributed by atoms with Gasteiger partial charge >= 0.3 is 5.97 Å². The number of carbonyl (C=O) groups excluding carboxylic acids is 2. The van der Waals surface area contributed by atoms with Crippen LogP contribution in [0.25, 0.3) is 0 Å². The Morgan fingerprint density at radius 3 is 1.89 bits per heavy atom. The minimum absolute atomic E-state index is 0.0840. The Hall–Kier alpha value is -2.67. The molecule has 0 heterocycles. The minimum Gasteiger partial charge on any atom is -0.426 e. The third-order valence-electron chi connectivity index (χ3n) is 7.25. The second-order valence-corrected chi connectivity index (χ2v) is 11.5. The molecule has 0 saturated heterocycles. The van der Waals surface area contributed by atoms with Crippen molar-refractivity contribution in [3.63, 3.8) is 0 Å². The van der Waals surface area contributed by atoms with Crippen molar-refractivity contribution in [1.29, 1.82) is 0 Å². The molecule has 4 rings (SSSR count). The zero-order valence-electron chi connectivity index (χ0n) is 20.4. The highest BCUT2D eigenvalue weighted by atomic mass is 32.2. The quantitative estimate of drug-likeness (QED) is 0.344. The first kappa shape index (κ1) is 25.4. The number of hydrogen-bond acceptors (Lipinski definition) is 5. The summed E-state index contributed by atoms with van der Waals surface area (Å²) in [5.41, 5.74) is 1.29. The van der Waals surface area contributed by atoms with E-state index in [1.54, 1.807) is 48.5 Å². The van der Waals surface area contributed by atoms with Gasteiger partial charge in [-0.15, -0.1) is 0 Å². The topological polar surface area (TPSA) is 80.8 Å². The van der Waals surface area contributed by atoms with Crippen molar-refractivity contribution >= 4 is 27.6 Å². The van der Waals surface area contributed by atoms with E-state index in [1.807, 2.05) is 6.92 Å². The van der Waals surface area contributed by atoms with E-state index < -0.39 is 15.9 Å². The summed E-state index contributed by atoms with van der Waals surface area (Å²) in [5.74, 6) is -0.678. The minimum atomic E-state index is -4.10. The van der Waals surface area contributed by atoms with E-state index in [0.29, 0.717) is 18.6 Å². The van der Waals surface area contributed by atoms with Gasteiger partial charge in [0.15, 0.2) is 0 Å². The van der Waals surface area contributed by atoms with Crippen molar-refractivity contribution in [3.05, 3.63) is 54.1 Å². The number of anilines is 1. The van der Waals surface area contributed by atoms with Crippen LogP contribution >= 0.6 is 0 Å². The summed E-state index contributed by atoms with van der Waals surface area (Å²) in [6.07, 6.45) is 10.00. The van der Waals surface area contributed by atoms with Crippen molar-refractivity contribution < 1.29 is 22.7 Å². The lowest BCUT2D eigenvalue weighted by Crippen LogP contribution is -2.41. The number of carbonyl (C=O) groups is 2. The third kappa shape index (κ3) is 5.95. The van der Waals surface area contributed by atoms with Crippen LogP contribution in [0.4, 0.5) is 5.69 Å². The molecule has 0 atom stereocenters. The fourth-order valence-electron chi connectivity index (χ4n) is 5.09. The number of rotatable bonds is 7. The molecule has 0 unspecified atom stereocenters. The zero-order valence-corrected chi connectivity index (χ0v) is 21.3. The number of hydrogen-bond donors (Lipinski definition) is 0. The zero-order chi connectivity index (χ0) is 24.8. The van der Waals surface area contributed by atoms with Crippen LogP contribution in [-0.4, -0.2) is 20.3 Å². The first-order valence-electron chi connectivity index (χ1n) is 12.9. The Kier molecular flexibility index (Phi) is 8.26. The van der Waals surface area contributed by atoms with Gasteiger partial charge in [-0.1, -0.05) is 57.6 Å². The Morgan fingerprint density at radius 2 is 1.34 bits per heavy atom. The number of esters is 1. The normalized spacial score (nSPS) is 17.6. The highest BCUT2D eigenvalue weighted by molar-refractivity contribution is 7.93. The van der Waals surface area contributed by atoms with Gasteiger partial charge in [-0.05, 0) is 74.1 Å². The summed E-state index contributed by atoms with van der Waals surface area (Å²) >= 11 is 0. The summed E-state index contributed by atoms with van der Waals surface area (Å²) in [7, 11) is -4.10. The number of ether oxygens (including phenoxy) is 1. The van der Waals surface area contributed by atoms with Crippen LogP contribution in [0.3, 0.4) is 0 Å². The van der Waals surface area contributed by atoms with Gasteiger partial charge < -0.3 is 4.74 Å². The van der Waals surface area contributed by atoms with Gasteiger partial charge in [-0.2, -0.15) is 0 Å². The van der Waals surface area contributed by atoms with E-state index in [0.717, 1.165) is 67.7 Å². The molecule has 2 aliphatic rings. The largest absolute Gasteiger partial charge is 0.426 e. The van der Waals surface area contributed by atoms with Crippen LogP contribution in [0.2, 0.25) is 0 Å². The molecule has 2 aromatic rings. The monoisotopic (exact) mass is 497 g/mol. The number of benzene rings is 2. The van der Waals surface area contributed by atoms with E-state index in [-0.39, 0.29) is 28.4 Å². The van der Waals surface area contributed by atoms with Gasteiger partial charge in [0.05, 0.1) is 16.5 Å². The number of amides is 1. The molecular formula is C28H35NO5S. The van der Waals surface area contributed by atoms with Gasteiger partial charge in [-0.3, -0.25) is 9.59 Å². The van der Waals surface area contributed by atoms with Crippen LogP contribution in [0.15, 0.2) is 53.4 Å². The van der Waals surface area contributed by atoms with Crippen molar-refractivity contribution in [3.8, 4) is 5.75 Å². The van der Waals surface area contributed by atoms with Crippen LogP contribution < -0.4 is 9.04 Å². The molecular weight excluding hydrogens is 462 g/mol. The lowest BCUT2D eigenvalue weighted by atomic mass is 9.88. The predicted molar refractivity (Wildman–Crippen MR) is 136 cm³/mol. The average molecular weight is 498 g/mol. The van der Waals surface area contributed by atoms with Gasteiger partial charge in [0, 0.05) is 5.92 Å². The summed E-state index contributed by atoms with van der Waals surface area (Å²) in [6, 6.07) is 13.0. The van der Waals surface area contributed by atoms with Crippen molar-refractivity contribution in [1.82, 2.24) is 0 Å². The van der Waals surface area contributed by atoms with Gasteiger partial charge in [0.2, 0.25) is 5.91 Å². The highest BCUT2D eigenvalue weighted by Gasteiger charge is 2.36. The van der Waals surface area contributed by atoms with E-state index in [1.165, 1.54) is 0 Å². The van der Waals surface area contributed by atoms with Crippen LogP contribution in [-0.2, 0) is 26.0 Å². The first-order valence-corrected chi connectivity index (χ1v) is 14.3. The molecule has 2 saturated carbocycles. The maximum atomic E-state index is 13.7. The second-order valence-electron chi connectivity index (χ2n) is 9.69. The second kappa shape index (κ2) is 11.4. The average Bonchev–Trinajstić information content (AvgIpc) is 2.90. The molecule has 0 bridgehead atoms. The van der Waals surface area contributed by atoms with E-state index in [4.69, 9.17) is 4.74 Å². The molecule has 1 amide bonds. The summed E-state index contributed by atoms with van der Waals surface area (Å²) in [4.78, 5) is 26.2. The summed E-state index contributed by atoms with van der Waals surface area (Å²) in [6.45, 7) is 2.01. The summed E-state index contributed by atoms with van der Waals surface area (Å²) in [5, 5.41) is 0. The van der Waals surface area contributed by atoms with Crippen molar-refractivity contribution in [2.24, 2.45) is 11.8 Å². The molecule has 0 aliphatic heterocycles. The Morgan fingerprint density at radius 1 is 0.800 bits per heavy atom. The van der Waals surface area contributed by atoms with Crippen LogP contribution in [0.5, 0.6) is 5.75 Å². The fraction of sp³-hybridized carbons (Fsp3) is 0.500. The Bertz CT molecular complexity index is 1110. The molecule has 0 spiro atoms. The predicted octanol–water partition coefficient (Wildman–Crippen LogP) is 6.04. The van der Waals surface area contributed by atoms with E-state index in [9.17, 15) is 18.0 Å². The van der Waals surface area contributed by atoms with Gasteiger partial charge in [-0.25, -0.2) is 12.7 Å². The van der Waals surface area contributed by atoms with Crippen LogP contribution in [0.1, 0.15) is 76.7 Å². The first-order chi connectivity index (χ1) is 16.9. The lowest BCUT2D eigenvalue weighted by molar-refractivity contribution is -0.140. The molecule has 2 aliphatic carbocycles. The highest BCUT2D eigenvalue weighted by Crippen LogP contribution is 2.33. The molecule has 0 aromatic heterocycles. The van der Waals surface area contributed by atoms with Crippen molar-refractivity contribution in [2.45, 2.75) is 82.4 Å². The number of sulfonamides is 1. The molecule has 0 N–H and O–H groups in total. The standard InChI is InChI=1S/C28H35NO5S/c1-2-21-13-19-26(20-14-21)35(32,33)29(27(30)22-9-5-3-6-10-22)24-15-17-25(18-16-24)34-28(31)23-11-7-4-8-12-23/h13-20,22-23H,2-12H2,1H3. The molecule has 35 heavy (non-hydrogen) atoms. The Balaban J connectivity index is 1.61. The molecule has 7 heteroatoms. The summed E-state index contributed by atoms with van der Waals surface area (Å²) < 4.78 is 33.9. The number of aryl methyl sites for hydroxylation is 1. The van der Waals surface area contributed by atoms with Gasteiger partial charge in [0.25, 0.3) is 10.0 Å². The molecule has 188 valence electrons. The number of nitrogens with zero attached hydrogens (tertiary/aromatic N) is 1. The fourth-order valence-corrected chi connectivity index (χ4v) is 6.57. The smallest absolute Gasteiger partial charge is 0.314 e. The third-order valence-corrected chi connectivity index (χ3v) is 8.99. The van der Waals surface area contributed by atoms with Gasteiger partial charge in [0.1, 0.15) is 5.75 Å². The maximum absolute atomic E-state index is 13.7. The lowest BCUT2D eigenvalue weighted by Gasteiger charge is -2.29. The molecule has 6 nitrogen and oxygen atoms in total. The SMILES string of the molecule is CCc1ccc(S(=O)(=O)N(C(=O)C2CCCCC2)c2ccc(OC(=O)C3CCCCC3)cc2)cc1. The maximum Gasteiger partial charge on any atom is 0.314 e. The molecule has 2 aromatic carbocycles. The van der Waals surface area contributed by atoms with Crippen LogP contribution in [0, 0.1) is 11.8 Å². The van der Waals surface area contributed by atoms with E-state index >= 15 is 0 Å². The molecule has 2 fully saturated rings. The van der Waals surface area contributed by atoms with E-state index in [2.05, 4.69) is 0 Å². The Labute approximate surface area is 208 Å². The van der Waals surface area contributed by atoms with Crippen molar-refractivity contribution in [2.75, 3.05) is 4.31 Å².